The van der Waals surface area contributed by atoms with Crippen LogP contribution in [0.4, 0.5) is 0 Å². The lowest BCUT2D eigenvalue weighted by Crippen LogP contribution is -2.38. The van der Waals surface area contributed by atoms with Crippen molar-refractivity contribution in [2.45, 2.75) is 38.5 Å². The summed E-state index contributed by atoms with van der Waals surface area (Å²) in [6.07, 6.45) is 0.443. The van der Waals surface area contributed by atoms with Crippen molar-refractivity contribution in [3.05, 3.63) is 29.8 Å². The SMILES string of the molecule is CC(=O)SC1CC(=O)N(C(C)COc2ccccc2C)C1. The summed E-state index contributed by atoms with van der Waals surface area (Å²) in [5, 5.41) is 0.148. The number of thioether (sulfide) groups is 1. The number of nitrogens with zero attached hydrogens (tertiary/aromatic N) is 1. The van der Waals surface area contributed by atoms with Gasteiger partial charge >= 0.3 is 0 Å². The summed E-state index contributed by atoms with van der Waals surface area (Å²) < 4.78 is 5.81. The molecule has 0 radical (unpaired) electrons. The molecule has 4 nitrogen and oxygen atoms in total. The Labute approximate surface area is 129 Å². The summed E-state index contributed by atoms with van der Waals surface area (Å²) in [6, 6.07) is 7.85. The first kappa shape index (κ1) is 15.9. The van der Waals surface area contributed by atoms with Gasteiger partial charge in [0.15, 0.2) is 5.12 Å². The largest absolute Gasteiger partial charge is 0.491 e. The van der Waals surface area contributed by atoms with Gasteiger partial charge in [0.2, 0.25) is 5.91 Å². The summed E-state index contributed by atoms with van der Waals surface area (Å²) in [6.45, 7) is 6.62. The number of amides is 1. The Morgan fingerprint density at radius 3 is 2.86 bits per heavy atom. The second kappa shape index (κ2) is 6.98. The van der Waals surface area contributed by atoms with Gasteiger partial charge in [-0.05, 0) is 25.5 Å². The standard InChI is InChI=1S/C16H21NO3S/c1-11-6-4-5-7-15(11)20-10-12(2)17-9-14(8-16(17)19)21-13(3)18/h4-7,12,14H,8-10H2,1-3H3. The summed E-state index contributed by atoms with van der Waals surface area (Å²) in [7, 11) is 0. The quantitative estimate of drug-likeness (QED) is 0.839. The van der Waals surface area contributed by atoms with E-state index in [2.05, 4.69) is 0 Å². The predicted octanol–water partition coefficient (Wildman–Crippen LogP) is 2.64. The number of carbonyl (C=O) groups excluding carboxylic acids is 2. The molecule has 0 spiro atoms. The maximum absolute atomic E-state index is 12.0. The van der Waals surface area contributed by atoms with Gasteiger partial charge in [0, 0.05) is 25.1 Å². The molecule has 1 fully saturated rings. The van der Waals surface area contributed by atoms with Gasteiger partial charge in [-0.1, -0.05) is 30.0 Å². The minimum atomic E-state index is 0.00895. The molecule has 21 heavy (non-hydrogen) atoms. The predicted molar refractivity (Wildman–Crippen MR) is 84.5 cm³/mol. The Balaban J connectivity index is 1.89. The molecule has 5 heteroatoms. The molecule has 0 aliphatic carbocycles. The van der Waals surface area contributed by atoms with Gasteiger partial charge in [0.25, 0.3) is 0 Å². The monoisotopic (exact) mass is 307 g/mol. The van der Waals surface area contributed by atoms with E-state index in [4.69, 9.17) is 4.74 Å². The number of hydrogen-bond donors (Lipinski definition) is 0. The Hall–Kier alpha value is -1.49. The highest BCUT2D eigenvalue weighted by Gasteiger charge is 2.33. The van der Waals surface area contributed by atoms with Crippen LogP contribution < -0.4 is 4.74 Å². The summed E-state index contributed by atoms with van der Waals surface area (Å²) in [4.78, 5) is 25.0. The second-order valence-electron chi connectivity index (χ2n) is 5.41. The van der Waals surface area contributed by atoms with Gasteiger partial charge < -0.3 is 9.64 Å². The number of hydrogen-bond acceptors (Lipinski definition) is 4. The lowest BCUT2D eigenvalue weighted by atomic mass is 10.2. The van der Waals surface area contributed by atoms with Crippen LogP contribution in [-0.2, 0) is 9.59 Å². The lowest BCUT2D eigenvalue weighted by molar-refractivity contribution is -0.129. The van der Waals surface area contributed by atoms with E-state index in [1.807, 2.05) is 43.0 Å². The van der Waals surface area contributed by atoms with Crippen LogP contribution in [-0.4, -0.2) is 40.4 Å². The molecule has 0 aromatic heterocycles. The second-order valence-corrected chi connectivity index (χ2v) is 6.88. The topological polar surface area (TPSA) is 46.6 Å². The molecule has 1 aliphatic rings. The molecule has 1 aromatic carbocycles. The fourth-order valence-corrected chi connectivity index (χ4v) is 3.39. The van der Waals surface area contributed by atoms with Gasteiger partial charge in [-0.3, -0.25) is 9.59 Å². The smallest absolute Gasteiger partial charge is 0.224 e. The molecular formula is C16H21NO3S. The maximum atomic E-state index is 12.0. The number of ether oxygens (including phenoxy) is 1. The zero-order valence-corrected chi connectivity index (χ0v) is 13.5. The van der Waals surface area contributed by atoms with Crippen LogP contribution in [0.25, 0.3) is 0 Å². The van der Waals surface area contributed by atoms with Crippen molar-refractivity contribution in [3.63, 3.8) is 0 Å². The third kappa shape index (κ3) is 4.24. The number of aryl methyl sites for hydroxylation is 1. The van der Waals surface area contributed by atoms with Crippen LogP contribution in [0.2, 0.25) is 0 Å². The number of likely N-dealkylation sites (tertiary alicyclic amines) is 1. The van der Waals surface area contributed by atoms with E-state index in [0.29, 0.717) is 19.6 Å². The summed E-state index contributed by atoms with van der Waals surface area (Å²) in [5.41, 5.74) is 1.09. The third-order valence-electron chi connectivity index (χ3n) is 3.56. The van der Waals surface area contributed by atoms with Gasteiger partial charge in [-0.25, -0.2) is 0 Å². The van der Waals surface area contributed by atoms with Crippen LogP contribution in [0.5, 0.6) is 5.75 Å². The van der Waals surface area contributed by atoms with Crippen molar-refractivity contribution in [3.8, 4) is 5.75 Å². The zero-order valence-electron chi connectivity index (χ0n) is 12.7. The molecular weight excluding hydrogens is 286 g/mol. The first-order valence-corrected chi connectivity index (χ1v) is 8.00. The van der Waals surface area contributed by atoms with Gasteiger partial charge in [-0.2, -0.15) is 0 Å². The number of rotatable bonds is 5. The average Bonchev–Trinajstić information content (AvgIpc) is 2.77. The first-order chi connectivity index (χ1) is 9.97. The average molecular weight is 307 g/mol. The normalized spacial score (nSPS) is 19.7. The van der Waals surface area contributed by atoms with Crippen LogP contribution in [0, 0.1) is 6.92 Å². The van der Waals surface area contributed by atoms with E-state index in [1.54, 1.807) is 6.92 Å². The molecule has 2 rings (SSSR count). The van der Waals surface area contributed by atoms with E-state index in [0.717, 1.165) is 11.3 Å². The van der Waals surface area contributed by atoms with E-state index >= 15 is 0 Å². The molecule has 0 saturated carbocycles. The molecule has 1 amide bonds. The van der Waals surface area contributed by atoms with Crippen molar-refractivity contribution in [2.75, 3.05) is 13.2 Å². The number of para-hydroxylation sites is 1. The van der Waals surface area contributed by atoms with Crippen molar-refractivity contribution in [2.24, 2.45) is 0 Å². The van der Waals surface area contributed by atoms with Crippen molar-refractivity contribution < 1.29 is 14.3 Å². The minimum absolute atomic E-state index is 0.00895. The molecule has 0 bridgehead atoms. The summed E-state index contributed by atoms with van der Waals surface area (Å²) >= 11 is 1.26. The van der Waals surface area contributed by atoms with Gasteiger partial charge in [-0.15, -0.1) is 0 Å². The van der Waals surface area contributed by atoms with Crippen LogP contribution in [0.1, 0.15) is 25.8 Å². The number of benzene rings is 1. The van der Waals surface area contributed by atoms with Crippen molar-refractivity contribution in [1.29, 1.82) is 0 Å². The van der Waals surface area contributed by atoms with Crippen molar-refractivity contribution in [1.82, 2.24) is 4.90 Å². The fraction of sp³-hybridized carbons (Fsp3) is 0.500. The molecule has 0 N–H and O–H groups in total. The molecule has 2 atom stereocenters. The molecule has 1 aliphatic heterocycles. The maximum Gasteiger partial charge on any atom is 0.224 e. The highest BCUT2D eigenvalue weighted by molar-refractivity contribution is 8.14. The van der Waals surface area contributed by atoms with E-state index in [9.17, 15) is 9.59 Å². The number of carbonyl (C=O) groups is 2. The highest BCUT2D eigenvalue weighted by atomic mass is 32.2. The Morgan fingerprint density at radius 2 is 2.19 bits per heavy atom. The Bertz CT molecular complexity index is 532. The van der Waals surface area contributed by atoms with Crippen molar-refractivity contribution >= 4 is 22.8 Å². The molecule has 114 valence electrons. The van der Waals surface area contributed by atoms with Crippen LogP contribution >= 0.6 is 11.8 Å². The zero-order chi connectivity index (χ0) is 15.4. The van der Waals surface area contributed by atoms with E-state index in [1.165, 1.54) is 11.8 Å². The summed E-state index contributed by atoms with van der Waals surface area (Å²) in [5.74, 6) is 0.959. The first-order valence-electron chi connectivity index (χ1n) is 7.12. The van der Waals surface area contributed by atoms with E-state index in [-0.39, 0.29) is 22.3 Å². The van der Waals surface area contributed by atoms with Gasteiger partial charge in [0.1, 0.15) is 12.4 Å². The molecule has 1 saturated heterocycles. The molecule has 1 aromatic rings. The fourth-order valence-electron chi connectivity index (χ4n) is 2.46. The Kier molecular flexibility index (Phi) is 5.28. The van der Waals surface area contributed by atoms with Gasteiger partial charge in [0.05, 0.1) is 6.04 Å². The highest BCUT2D eigenvalue weighted by Crippen LogP contribution is 2.26. The molecule has 2 unspecified atom stereocenters. The molecule has 1 heterocycles. The van der Waals surface area contributed by atoms with Crippen LogP contribution in [0.3, 0.4) is 0 Å². The Morgan fingerprint density at radius 1 is 1.48 bits per heavy atom. The van der Waals surface area contributed by atoms with Crippen LogP contribution in [0.15, 0.2) is 24.3 Å². The lowest BCUT2D eigenvalue weighted by Gasteiger charge is -2.25. The minimum Gasteiger partial charge on any atom is -0.491 e. The van der Waals surface area contributed by atoms with E-state index < -0.39 is 0 Å². The third-order valence-corrected chi connectivity index (χ3v) is 4.54.